The van der Waals surface area contributed by atoms with Crippen LogP contribution in [0.3, 0.4) is 0 Å². The highest BCUT2D eigenvalue weighted by atomic mass is 16.6. The Labute approximate surface area is 536 Å². The standard InChI is InChI=1S/C69H97N7O15/c1-14-43(8)58-55(77)39-57(79)91-62(42(6)7)60(80)44(9)63(82)71-51(36-40(2)3)67(86)76-35-21-24-52(76)68(87)75(12)54(38-46-26-32-50(89-13)33-27-46)69(88)90-45(10)59(66(85)72-58)73-65(84)53(37-41(4)5)74(11)56(78)25-19-16-20-34-70-64(83)49-30-28-48(29-31-49)61(81)47-22-17-15-18-23-47/h15,17-18,22-23,26-33,40-45,51-55,58-59,62,77H,14,16,19-21,24-25,34-39H2,1-13H3,(H,70,83)(H,71,82)(H,72,85)(H,73,84)/t43-,44-,45+,51-,52?,53+,54-,55-,58+,59-,62-/m0/s1. The second kappa shape index (κ2) is 35.0. The molecule has 0 spiro atoms. The third kappa shape index (κ3) is 20.8. The van der Waals surface area contributed by atoms with Crippen LogP contribution in [0, 0.1) is 29.6 Å². The van der Waals surface area contributed by atoms with E-state index in [0.29, 0.717) is 66.7 Å². The molecule has 7 amide bonds. The van der Waals surface area contributed by atoms with Gasteiger partial charge in [0, 0.05) is 56.7 Å². The van der Waals surface area contributed by atoms with Crippen molar-refractivity contribution in [2.75, 3.05) is 34.3 Å². The number of nitrogens with zero attached hydrogens (tertiary/aromatic N) is 3. The summed E-state index contributed by atoms with van der Waals surface area (Å²) in [7, 11) is 4.39. The van der Waals surface area contributed by atoms with E-state index in [1.807, 2.05) is 33.8 Å². The minimum absolute atomic E-state index is 0.0330. The molecule has 3 aromatic rings. The Bertz CT molecular complexity index is 2990. The fourth-order valence-corrected chi connectivity index (χ4v) is 11.4. The Balaban J connectivity index is 1.45. The molecule has 22 heteroatoms. The van der Waals surface area contributed by atoms with Gasteiger partial charge >= 0.3 is 11.9 Å². The van der Waals surface area contributed by atoms with Crippen LogP contribution in [0.4, 0.5) is 0 Å². The second-order valence-electron chi connectivity index (χ2n) is 25.5. The molecule has 0 radical (unpaired) electrons. The number of nitrogens with one attached hydrogen (secondary N) is 4. The summed E-state index contributed by atoms with van der Waals surface area (Å²) in [5.74, 6) is -9.72. The molecule has 2 aliphatic rings. The van der Waals surface area contributed by atoms with Gasteiger partial charge < -0.3 is 55.3 Å². The Morgan fingerprint density at radius 3 is 2.02 bits per heavy atom. The normalized spacial score (nSPS) is 23.4. The first kappa shape index (κ1) is 73.7. The van der Waals surface area contributed by atoms with E-state index in [-0.39, 0.29) is 68.1 Å². The number of Topliss-reactive ketones (excluding diaryl/α,β-unsaturated/α-hetero) is 1. The van der Waals surface area contributed by atoms with Crippen LogP contribution in [-0.4, -0.2) is 174 Å². The molecule has 0 bridgehead atoms. The van der Waals surface area contributed by atoms with E-state index < -0.39 is 126 Å². The molecular weight excluding hydrogens is 1170 g/mol. The van der Waals surface area contributed by atoms with Crippen LogP contribution in [0.2, 0.25) is 0 Å². The number of aliphatic hydroxyl groups is 1. The van der Waals surface area contributed by atoms with Gasteiger partial charge in [0.25, 0.3) is 5.91 Å². The largest absolute Gasteiger partial charge is 0.497 e. The highest BCUT2D eigenvalue weighted by Crippen LogP contribution is 2.27. The number of ether oxygens (including phenoxy) is 3. The minimum Gasteiger partial charge on any atom is -0.497 e. The van der Waals surface area contributed by atoms with Crippen molar-refractivity contribution in [1.82, 2.24) is 36.0 Å². The first-order valence-corrected chi connectivity index (χ1v) is 32.0. The number of fused-ring (bicyclic) bond motifs is 1. The third-order valence-corrected chi connectivity index (χ3v) is 17.1. The van der Waals surface area contributed by atoms with Gasteiger partial charge in [-0.3, -0.25) is 47.9 Å². The van der Waals surface area contributed by atoms with Gasteiger partial charge in [-0.1, -0.05) is 123 Å². The van der Waals surface area contributed by atoms with Crippen LogP contribution in [-0.2, 0) is 59.0 Å². The molecule has 5 N–H and O–H groups in total. The summed E-state index contributed by atoms with van der Waals surface area (Å²) in [6.45, 7) is 17.3. The summed E-state index contributed by atoms with van der Waals surface area (Å²) >= 11 is 0. The molecule has 0 aliphatic carbocycles. The molecule has 2 saturated heterocycles. The molecule has 91 heavy (non-hydrogen) atoms. The number of benzene rings is 3. The monoisotopic (exact) mass is 1260 g/mol. The molecule has 1 unspecified atom stereocenters. The Morgan fingerprint density at radius 1 is 0.780 bits per heavy atom. The summed E-state index contributed by atoms with van der Waals surface area (Å²) in [6.07, 6.45) is -2.72. The first-order valence-electron chi connectivity index (χ1n) is 32.0. The molecule has 2 heterocycles. The van der Waals surface area contributed by atoms with Crippen LogP contribution >= 0.6 is 0 Å². The molecule has 2 aliphatic heterocycles. The van der Waals surface area contributed by atoms with Crippen LogP contribution in [0.15, 0.2) is 78.9 Å². The van der Waals surface area contributed by atoms with Crippen molar-refractivity contribution in [3.63, 3.8) is 0 Å². The number of unbranched alkanes of at least 4 members (excludes halogenated alkanes) is 2. The van der Waals surface area contributed by atoms with Gasteiger partial charge in [0.15, 0.2) is 17.7 Å². The number of likely N-dealkylation sites (N-methyl/N-ethyl adjacent to an activating group) is 2. The van der Waals surface area contributed by atoms with Crippen molar-refractivity contribution < 1.29 is 72.1 Å². The van der Waals surface area contributed by atoms with Gasteiger partial charge in [-0.05, 0) is 106 Å². The molecule has 2 fully saturated rings. The number of ketones is 2. The molecule has 0 aromatic heterocycles. The quantitative estimate of drug-likeness (QED) is 0.0326. The van der Waals surface area contributed by atoms with Crippen LogP contribution in [0.1, 0.15) is 165 Å². The first-order chi connectivity index (χ1) is 43.1. The lowest BCUT2D eigenvalue weighted by Crippen LogP contribution is -2.61. The molecular formula is C69H97N7O15. The zero-order chi connectivity index (χ0) is 67.4. The fraction of sp³-hybridized carbons (Fsp3) is 0.580. The SMILES string of the molecule is CC[C@H](C)[C@H]1NC(=O)[C@@H](NC(=O)[C@@H](CC(C)C)N(C)C(=O)CCCCCNC(=O)c2ccc(C(=O)c3ccccc3)cc2)[C@@H](C)OC(=O)[C@H](Cc2ccc(OC)cc2)N(C)C(=O)C2CCCN2C(=O)[C@H](CC(C)C)NC(=O)[C@@H](C)C(=O)[C@H](C(C)C)OC(=O)C[C@@H]1O. The number of aliphatic hydroxyl groups excluding tert-OH is 1. The smallest absolute Gasteiger partial charge is 0.329 e. The zero-order valence-corrected chi connectivity index (χ0v) is 55.3. The van der Waals surface area contributed by atoms with Crippen molar-refractivity contribution in [2.45, 2.75) is 194 Å². The fourth-order valence-electron chi connectivity index (χ4n) is 11.4. The average molecular weight is 1260 g/mol. The lowest BCUT2D eigenvalue weighted by Gasteiger charge is -2.36. The van der Waals surface area contributed by atoms with E-state index in [2.05, 4.69) is 21.3 Å². The van der Waals surface area contributed by atoms with Gasteiger partial charge in [-0.2, -0.15) is 0 Å². The summed E-state index contributed by atoms with van der Waals surface area (Å²) < 4.78 is 17.3. The summed E-state index contributed by atoms with van der Waals surface area (Å²) in [5, 5.41) is 23.1. The van der Waals surface area contributed by atoms with Crippen molar-refractivity contribution in [2.24, 2.45) is 29.6 Å². The Hall–Kier alpha value is -8.01. The van der Waals surface area contributed by atoms with Crippen molar-refractivity contribution in [3.8, 4) is 5.75 Å². The zero-order valence-electron chi connectivity index (χ0n) is 55.3. The van der Waals surface area contributed by atoms with Crippen LogP contribution in [0.25, 0.3) is 0 Å². The van der Waals surface area contributed by atoms with Crippen LogP contribution < -0.4 is 26.0 Å². The summed E-state index contributed by atoms with van der Waals surface area (Å²) in [4.78, 5) is 160. The molecule has 498 valence electrons. The predicted octanol–water partition coefficient (Wildman–Crippen LogP) is 6.17. The number of carbonyl (C=O) groups is 11. The van der Waals surface area contributed by atoms with E-state index in [1.54, 1.807) is 100 Å². The van der Waals surface area contributed by atoms with Crippen molar-refractivity contribution >= 4 is 64.9 Å². The molecule has 22 nitrogen and oxygen atoms in total. The second-order valence-corrected chi connectivity index (χ2v) is 25.5. The number of cyclic esters (lactones) is 2. The van der Waals surface area contributed by atoms with Crippen molar-refractivity contribution in [1.29, 1.82) is 0 Å². The van der Waals surface area contributed by atoms with Gasteiger partial charge in [0.2, 0.25) is 35.4 Å². The van der Waals surface area contributed by atoms with E-state index in [9.17, 15) is 48.3 Å². The van der Waals surface area contributed by atoms with E-state index in [0.717, 1.165) is 0 Å². The summed E-state index contributed by atoms with van der Waals surface area (Å²) in [6, 6.07) is 14.2. The highest BCUT2D eigenvalue weighted by molar-refractivity contribution is 6.09. The average Bonchev–Trinajstić information content (AvgIpc) is 1.86. The van der Waals surface area contributed by atoms with E-state index in [1.165, 1.54) is 49.8 Å². The van der Waals surface area contributed by atoms with Crippen molar-refractivity contribution in [3.05, 3.63) is 101 Å². The lowest BCUT2D eigenvalue weighted by molar-refractivity contribution is -0.163. The van der Waals surface area contributed by atoms with Crippen LogP contribution in [0.5, 0.6) is 5.75 Å². The molecule has 11 atom stereocenters. The van der Waals surface area contributed by atoms with E-state index in [4.69, 9.17) is 14.2 Å². The van der Waals surface area contributed by atoms with Gasteiger partial charge in [-0.15, -0.1) is 0 Å². The maximum absolute atomic E-state index is 15.1. The van der Waals surface area contributed by atoms with E-state index >= 15 is 9.59 Å². The number of carbonyl (C=O) groups excluding carboxylic acids is 11. The number of esters is 2. The van der Waals surface area contributed by atoms with Gasteiger partial charge in [-0.25, -0.2) is 4.79 Å². The predicted molar refractivity (Wildman–Crippen MR) is 341 cm³/mol. The molecule has 5 rings (SSSR count). The number of amides is 7. The summed E-state index contributed by atoms with van der Waals surface area (Å²) in [5.41, 5.74) is 1.95. The maximum Gasteiger partial charge on any atom is 0.329 e. The number of hydrogen-bond acceptors (Lipinski definition) is 15. The number of methoxy groups -OCH3 is 1. The van der Waals surface area contributed by atoms with Gasteiger partial charge in [0.05, 0.1) is 31.6 Å². The number of rotatable bonds is 22. The molecule has 0 saturated carbocycles. The Morgan fingerprint density at radius 2 is 1.42 bits per heavy atom. The molecule has 3 aromatic carbocycles. The highest BCUT2D eigenvalue weighted by Gasteiger charge is 2.45. The maximum atomic E-state index is 15.1. The Kier molecular flexibility index (Phi) is 28.3. The van der Waals surface area contributed by atoms with Gasteiger partial charge in [0.1, 0.15) is 42.1 Å². The lowest BCUT2D eigenvalue weighted by atomic mass is 9.91. The minimum atomic E-state index is -1.73. The topological polar surface area (TPSA) is 294 Å². The third-order valence-electron chi connectivity index (χ3n) is 17.1. The number of hydrogen-bond donors (Lipinski definition) is 5.